The Morgan fingerprint density at radius 1 is 1.39 bits per heavy atom. The minimum absolute atomic E-state index is 0.219. The molecule has 2 aliphatic carbocycles. The van der Waals surface area contributed by atoms with E-state index in [1.807, 2.05) is 11.8 Å². The largest absolute Gasteiger partial charge is 0.388 e. The zero-order chi connectivity index (χ0) is 12.6. The highest BCUT2D eigenvalue weighted by atomic mass is 32.2. The third-order valence-corrected chi connectivity index (χ3v) is 6.17. The SMILES string of the molecule is CSC1(Cn2ccc3c2CCCC3O)CCCC1. The van der Waals surface area contributed by atoms with E-state index < -0.39 is 0 Å². The molecule has 1 heterocycles. The molecular weight excluding hydrogens is 242 g/mol. The van der Waals surface area contributed by atoms with Crippen LogP contribution in [0.2, 0.25) is 0 Å². The van der Waals surface area contributed by atoms with Gasteiger partial charge in [-0.1, -0.05) is 12.8 Å². The van der Waals surface area contributed by atoms with Crippen LogP contribution in [0.15, 0.2) is 12.3 Å². The van der Waals surface area contributed by atoms with Crippen LogP contribution in [0.1, 0.15) is 55.9 Å². The first-order chi connectivity index (χ1) is 8.74. The van der Waals surface area contributed by atoms with E-state index in [0.29, 0.717) is 4.75 Å². The lowest BCUT2D eigenvalue weighted by Crippen LogP contribution is -2.28. The molecule has 0 radical (unpaired) electrons. The van der Waals surface area contributed by atoms with E-state index in [4.69, 9.17) is 0 Å². The van der Waals surface area contributed by atoms with E-state index in [-0.39, 0.29) is 6.10 Å². The zero-order valence-corrected chi connectivity index (χ0v) is 12.0. The Kier molecular flexibility index (Phi) is 3.46. The van der Waals surface area contributed by atoms with E-state index >= 15 is 0 Å². The summed E-state index contributed by atoms with van der Waals surface area (Å²) in [4.78, 5) is 0. The van der Waals surface area contributed by atoms with Gasteiger partial charge in [-0.15, -0.1) is 0 Å². The van der Waals surface area contributed by atoms with Crippen LogP contribution in [0.5, 0.6) is 0 Å². The van der Waals surface area contributed by atoms with E-state index in [1.54, 1.807) is 0 Å². The van der Waals surface area contributed by atoms with Crippen LogP contribution in [0, 0.1) is 0 Å². The van der Waals surface area contributed by atoms with Crippen molar-refractivity contribution in [1.29, 1.82) is 0 Å². The molecule has 3 rings (SSSR count). The second-order valence-electron chi connectivity index (χ2n) is 5.85. The van der Waals surface area contributed by atoms with Crippen molar-refractivity contribution < 1.29 is 5.11 Å². The Balaban J connectivity index is 1.85. The fraction of sp³-hybridized carbons (Fsp3) is 0.733. The first kappa shape index (κ1) is 12.6. The average Bonchev–Trinajstić information content (AvgIpc) is 2.99. The number of rotatable bonds is 3. The maximum atomic E-state index is 10.0. The highest BCUT2D eigenvalue weighted by molar-refractivity contribution is 8.00. The van der Waals surface area contributed by atoms with Crippen LogP contribution in [-0.4, -0.2) is 20.7 Å². The molecule has 1 N–H and O–H groups in total. The molecule has 0 aliphatic heterocycles. The predicted molar refractivity (Wildman–Crippen MR) is 77.0 cm³/mol. The summed E-state index contributed by atoms with van der Waals surface area (Å²) in [5.74, 6) is 0. The van der Waals surface area contributed by atoms with Gasteiger partial charge in [0.05, 0.1) is 6.10 Å². The van der Waals surface area contributed by atoms with Gasteiger partial charge >= 0.3 is 0 Å². The van der Waals surface area contributed by atoms with Gasteiger partial charge in [0.1, 0.15) is 0 Å². The summed E-state index contributed by atoms with van der Waals surface area (Å²) in [6, 6.07) is 2.14. The van der Waals surface area contributed by atoms with Gasteiger partial charge in [0.25, 0.3) is 0 Å². The lowest BCUT2D eigenvalue weighted by atomic mass is 9.95. The molecule has 0 bridgehead atoms. The van der Waals surface area contributed by atoms with Crippen molar-refractivity contribution in [1.82, 2.24) is 4.57 Å². The Morgan fingerprint density at radius 2 is 2.17 bits per heavy atom. The number of hydrogen-bond donors (Lipinski definition) is 1. The van der Waals surface area contributed by atoms with E-state index in [9.17, 15) is 5.11 Å². The summed E-state index contributed by atoms with van der Waals surface area (Å²) in [6.07, 6.45) is 12.9. The van der Waals surface area contributed by atoms with Crippen molar-refractivity contribution in [3.8, 4) is 0 Å². The minimum atomic E-state index is -0.219. The first-order valence-corrected chi connectivity index (χ1v) is 8.38. The van der Waals surface area contributed by atoms with Crippen LogP contribution in [0.25, 0.3) is 0 Å². The number of hydrogen-bond acceptors (Lipinski definition) is 2. The monoisotopic (exact) mass is 265 g/mol. The van der Waals surface area contributed by atoms with Crippen molar-refractivity contribution >= 4 is 11.8 Å². The molecular formula is C15H23NOS. The molecule has 1 atom stereocenters. The van der Waals surface area contributed by atoms with Gasteiger partial charge in [-0.2, -0.15) is 11.8 Å². The van der Waals surface area contributed by atoms with Crippen molar-refractivity contribution in [2.24, 2.45) is 0 Å². The average molecular weight is 265 g/mol. The van der Waals surface area contributed by atoms with E-state index in [1.165, 1.54) is 36.9 Å². The molecule has 1 unspecified atom stereocenters. The molecule has 100 valence electrons. The van der Waals surface area contributed by atoms with Gasteiger partial charge in [-0.25, -0.2) is 0 Å². The molecule has 2 nitrogen and oxygen atoms in total. The van der Waals surface area contributed by atoms with Gasteiger partial charge < -0.3 is 9.67 Å². The molecule has 0 amide bonds. The number of aliphatic hydroxyl groups is 1. The van der Waals surface area contributed by atoms with Crippen LogP contribution < -0.4 is 0 Å². The second-order valence-corrected chi connectivity index (χ2v) is 7.12. The highest BCUT2D eigenvalue weighted by Crippen LogP contribution is 2.42. The highest BCUT2D eigenvalue weighted by Gasteiger charge is 2.34. The fourth-order valence-electron chi connectivity index (χ4n) is 3.64. The Hall–Kier alpha value is -0.410. The number of thioether (sulfide) groups is 1. The smallest absolute Gasteiger partial charge is 0.0807 e. The molecule has 1 saturated carbocycles. The van der Waals surface area contributed by atoms with Crippen molar-refractivity contribution in [3.63, 3.8) is 0 Å². The number of aliphatic hydroxyl groups excluding tert-OH is 1. The first-order valence-electron chi connectivity index (χ1n) is 7.15. The molecule has 0 aromatic carbocycles. The van der Waals surface area contributed by atoms with Gasteiger partial charge in [0, 0.05) is 28.7 Å². The maximum absolute atomic E-state index is 10.0. The Labute approximate surface area is 114 Å². The molecule has 0 saturated heterocycles. The third-order valence-electron chi connectivity index (χ3n) is 4.77. The van der Waals surface area contributed by atoms with Crippen molar-refractivity contribution in [2.75, 3.05) is 6.26 Å². The van der Waals surface area contributed by atoms with Crippen molar-refractivity contribution in [2.45, 2.75) is 62.3 Å². The molecule has 18 heavy (non-hydrogen) atoms. The topological polar surface area (TPSA) is 25.2 Å². The predicted octanol–water partition coefficient (Wildman–Crippen LogP) is 3.53. The van der Waals surface area contributed by atoms with Crippen LogP contribution in [-0.2, 0) is 13.0 Å². The fourth-order valence-corrected chi connectivity index (χ4v) is 4.60. The van der Waals surface area contributed by atoms with Gasteiger partial charge in [-0.05, 0) is 44.4 Å². The lowest BCUT2D eigenvalue weighted by molar-refractivity contribution is 0.155. The molecule has 3 heteroatoms. The summed E-state index contributed by atoms with van der Waals surface area (Å²) in [7, 11) is 0. The van der Waals surface area contributed by atoms with E-state index in [0.717, 1.165) is 25.8 Å². The van der Waals surface area contributed by atoms with Crippen LogP contribution in [0.4, 0.5) is 0 Å². The van der Waals surface area contributed by atoms with Gasteiger partial charge in [0.15, 0.2) is 0 Å². The van der Waals surface area contributed by atoms with Crippen LogP contribution in [0.3, 0.4) is 0 Å². The summed E-state index contributed by atoms with van der Waals surface area (Å²) in [5.41, 5.74) is 2.59. The maximum Gasteiger partial charge on any atom is 0.0807 e. The number of fused-ring (bicyclic) bond motifs is 1. The van der Waals surface area contributed by atoms with E-state index in [2.05, 4.69) is 23.1 Å². The van der Waals surface area contributed by atoms with Crippen LogP contribution >= 0.6 is 11.8 Å². The summed E-state index contributed by atoms with van der Waals surface area (Å²) in [6.45, 7) is 1.14. The molecule has 1 aromatic rings. The zero-order valence-electron chi connectivity index (χ0n) is 11.2. The normalized spacial score (nSPS) is 26.2. The molecule has 0 spiro atoms. The summed E-state index contributed by atoms with van der Waals surface area (Å²) in [5, 5.41) is 10.0. The Bertz CT molecular complexity index is 420. The molecule has 1 fully saturated rings. The number of nitrogens with zero attached hydrogens (tertiary/aromatic N) is 1. The van der Waals surface area contributed by atoms with Gasteiger partial charge in [0.2, 0.25) is 0 Å². The minimum Gasteiger partial charge on any atom is -0.388 e. The quantitative estimate of drug-likeness (QED) is 0.904. The third kappa shape index (κ3) is 2.12. The lowest BCUT2D eigenvalue weighted by Gasteiger charge is -2.29. The molecule has 1 aromatic heterocycles. The molecule has 2 aliphatic rings. The standard InChI is InChI=1S/C15H23NOS/c1-18-15(8-2-3-9-15)11-16-10-7-12-13(16)5-4-6-14(12)17/h7,10,14,17H,2-6,8-9,11H2,1H3. The second kappa shape index (κ2) is 4.93. The summed E-state index contributed by atoms with van der Waals surface area (Å²) < 4.78 is 2.88. The summed E-state index contributed by atoms with van der Waals surface area (Å²) >= 11 is 2.05. The van der Waals surface area contributed by atoms with Crippen molar-refractivity contribution in [3.05, 3.63) is 23.5 Å². The Morgan fingerprint density at radius 3 is 2.89 bits per heavy atom. The number of aromatic nitrogens is 1. The van der Waals surface area contributed by atoms with Gasteiger partial charge in [-0.3, -0.25) is 0 Å².